The molecule has 0 saturated carbocycles. The summed E-state index contributed by atoms with van der Waals surface area (Å²) < 4.78 is 0. The molecule has 0 saturated heterocycles. The largest absolute Gasteiger partial charge is 0.325 e. The third-order valence-electron chi connectivity index (χ3n) is 3.26. The van der Waals surface area contributed by atoms with Crippen LogP contribution in [0.1, 0.15) is 17.5 Å². The molecule has 0 spiro atoms. The van der Waals surface area contributed by atoms with Crippen molar-refractivity contribution in [3.05, 3.63) is 65.7 Å². The average molecular weight is 319 g/mol. The average Bonchev–Trinajstić information content (AvgIpc) is 2.54. The molecule has 2 rings (SSSR count). The summed E-state index contributed by atoms with van der Waals surface area (Å²) in [7, 11) is 0. The highest BCUT2D eigenvalue weighted by Crippen LogP contribution is 2.16. The Morgan fingerprint density at radius 1 is 1.08 bits per heavy atom. The van der Waals surface area contributed by atoms with Crippen LogP contribution in [0.3, 0.4) is 0 Å². The SMILES string of the molecule is Cc1ccccc1/C=C/C(=O)Nc1cccc(NC(=O)CC#N)c1. The molecule has 5 nitrogen and oxygen atoms in total. The lowest BCUT2D eigenvalue weighted by Crippen LogP contribution is -2.11. The van der Waals surface area contributed by atoms with Gasteiger partial charge in [-0.25, -0.2) is 0 Å². The van der Waals surface area contributed by atoms with Crippen molar-refractivity contribution in [3.63, 3.8) is 0 Å². The Morgan fingerprint density at radius 2 is 1.79 bits per heavy atom. The van der Waals surface area contributed by atoms with Crippen LogP contribution in [0.5, 0.6) is 0 Å². The number of nitrogens with zero attached hydrogens (tertiary/aromatic N) is 1. The lowest BCUT2D eigenvalue weighted by Gasteiger charge is -2.06. The van der Waals surface area contributed by atoms with E-state index < -0.39 is 0 Å². The number of benzene rings is 2. The maximum Gasteiger partial charge on any atom is 0.248 e. The van der Waals surface area contributed by atoms with E-state index in [4.69, 9.17) is 5.26 Å². The van der Waals surface area contributed by atoms with Gasteiger partial charge >= 0.3 is 0 Å². The van der Waals surface area contributed by atoms with Crippen LogP contribution in [0.15, 0.2) is 54.6 Å². The van der Waals surface area contributed by atoms with Crippen LogP contribution in [0.4, 0.5) is 11.4 Å². The van der Waals surface area contributed by atoms with E-state index in [1.165, 1.54) is 6.08 Å². The molecule has 0 radical (unpaired) electrons. The number of aryl methyl sites for hydroxylation is 1. The molecule has 2 aromatic rings. The van der Waals surface area contributed by atoms with Crippen molar-refractivity contribution in [2.75, 3.05) is 10.6 Å². The minimum absolute atomic E-state index is 0.213. The minimum atomic E-state index is -0.388. The van der Waals surface area contributed by atoms with E-state index in [1.54, 1.807) is 36.4 Å². The number of amides is 2. The molecule has 0 aliphatic rings. The Morgan fingerprint density at radius 3 is 2.50 bits per heavy atom. The van der Waals surface area contributed by atoms with Crippen LogP contribution in [0, 0.1) is 18.3 Å². The van der Waals surface area contributed by atoms with Crippen LogP contribution < -0.4 is 10.6 Å². The van der Waals surface area contributed by atoms with Gasteiger partial charge in [-0.2, -0.15) is 5.26 Å². The number of anilines is 2. The quantitative estimate of drug-likeness (QED) is 0.828. The molecule has 5 heteroatoms. The van der Waals surface area contributed by atoms with Crippen molar-refractivity contribution in [2.45, 2.75) is 13.3 Å². The van der Waals surface area contributed by atoms with Crippen LogP contribution in [-0.2, 0) is 9.59 Å². The second-order valence-electron chi connectivity index (χ2n) is 5.14. The predicted octanol–water partition coefficient (Wildman–Crippen LogP) is 3.50. The molecule has 2 amide bonds. The summed E-state index contributed by atoms with van der Waals surface area (Å²) in [5, 5.41) is 13.8. The lowest BCUT2D eigenvalue weighted by atomic mass is 10.1. The second kappa shape index (κ2) is 8.30. The Labute approximate surface area is 140 Å². The van der Waals surface area contributed by atoms with Gasteiger partial charge in [0, 0.05) is 17.5 Å². The van der Waals surface area contributed by atoms with Gasteiger partial charge in [-0.15, -0.1) is 0 Å². The predicted molar refractivity (Wildman–Crippen MR) is 94.1 cm³/mol. The summed E-state index contributed by atoms with van der Waals surface area (Å²) in [5.41, 5.74) is 3.15. The lowest BCUT2D eigenvalue weighted by molar-refractivity contribution is -0.115. The molecule has 24 heavy (non-hydrogen) atoms. The minimum Gasteiger partial charge on any atom is -0.325 e. The van der Waals surface area contributed by atoms with E-state index in [9.17, 15) is 9.59 Å². The summed E-state index contributed by atoms with van der Waals surface area (Å²) in [6.07, 6.45) is 3.00. The number of hydrogen-bond donors (Lipinski definition) is 2. The molecule has 0 bridgehead atoms. The fraction of sp³-hybridized carbons (Fsp3) is 0.105. The van der Waals surface area contributed by atoms with E-state index in [0.29, 0.717) is 11.4 Å². The zero-order valence-corrected chi connectivity index (χ0v) is 13.2. The molecule has 120 valence electrons. The number of nitriles is 1. The van der Waals surface area contributed by atoms with Gasteiger partial charge in [0.05, 0.1) is 6.07 Å². The first kappa shape index (κ1) is 17.0. The molecule has 0 fully saturated rings. The van der Waals surface area contributed by atoms with Gasteiger partial charge in [-0.1, -0.05) is 30.3 Å². The third kappa shape index (κ3) is 5.11. The molecule has 0 atom stereocenters. The molecule has 0 heterocycles. The van der Waals surface area contributed by atoms with Gasteiger partial charge < -0.3 is 10.6 Å². The molecule has 0 aliphatic heterocycles. The maximum atomic E-state index is 12.0. The third-order valence-corrected chi connectivity index (χ3v) is 3.26. The van der Waals surface area contributed by atoms with Crippen molar-refractivity contribution < 1.29 is 9.59 Å². The van der Waals surface area contributed by atoms with Crippen molar-refractivity contribution >= 4 is 29.3 Å². The fourth-order valence-corrected chi connectivity index (χ4v) is 2.07. The number of nitrogens with one attached hydrogen (secondary N) is 2. The summed E-state index contributed by atoms with van der Waals surface area (Å²) in [4.78, 5) is 23.4. The van der Waals surface area contributed by atoms with Gasteiger partial charge in [0.15, 0.2) is 0 Å². The number of carbonyl (C=O) groups excluding carboxylic acids is 2. The van der Waals surface area contributed by atoms with Crippen LogP contribution >= 0.6 is 0 Å². The topological polar surface area (TPSA) is 82.0 Å². The Bertz CT molecular complexity index is 819. The first-order valence-electron chi connectivity index (χ1n) is 7.40. The molecular weight excluding hydrogens is 302 g/mol. The zero-order valence-electron chi connectivity index (χ0n) is 13.2. The van der Waals surface area contributed by atoms with Gasteiger partial charge in [0.2, 0.25) is 11.8 Å². The van der Waals surface area contributed by atoms with Crippen LogP contribution in [0.2, 0.25) is 0 Å². The van der Waals surface area contributed by atoms with E-state index in [-0.39, 0.29) is 18.2 Å². The second-order valence-corrected chi connectivity index (χ2v) is 5.14. The van der Waals surface area contributed by atoms with Gasteiger partial charge in [0.1, 0.15) is 6.42 Å². The Hall–Kier alpha value is -3.39. The Kier molecular flexibility index (Phi) is 5.87. The van der Waals surface area contributed by atoms with Gasteiger partial charge in [-0.3, -0.25) is 9.59 Å². The maximum absolute atomic E-state index is 12.0. The van der Waals surface area contributed by atoms with E-state index >= 15 is 0 Å². The summed E-state index contributed by atoms with van der Waals surface area (Å²) in [5.74, 6) is -0.654. The number of hydrogen-bond acceptors (Lipinski definition) is 3. The van der Waals surface area contributed by atoms with Crippen molar-refractivity contribution in [1.29, 1.82) is 5.26 Å². The number of rotatable bonds is 5. The summed E-state index contributed by atoms with van der Waals surface area (Å²) >= 11 is 0. The number of carbonyl (C=O) groups is 2. The standard InChI is InChI=1S/C19H17N3O2/c1-14-5-2-3-6-15(14)9-10-18(23)21-16-7-4-8-17(13-16)22-19(24)11-12-20/h2-10,13H,11H2,1H3,(H,21,23)(H,22,24)/b10-9+. The highest BCUT2D eigenvalue weighted by atomic mass is 16.2. The van der Waals surface area contributed by atoms with E-state index in [1.807, 2.05) is 31.2 Å². The van der Waals surface area contributed by atoms with Crippen molar-refractivity contribution in [1.82, 2.24) is 0 Å². The molecule has 2 aromatic carbocycles. The van der Waals surface area contributed by atoms with Crippen LogP contribution in [0.25, 0.3) is 6.08 Å². The normalized spacial score (nSPS) is 10.2. The van der Waals surface area contributed by atoms with Crippen molar-refractivity contribution in [3.8, 4) is 6.07 Å². The first-order chi connectivity index (χ1) is 11.6. The Balaban J connectivity index is 2.00. The highest BCUT2D eigenvalue weighted by molar-refractivity contribution is 6.02. The molecular formula is C19H17N3O2. The first-order valence-corrected chi connectivity index (χ1v) is 7.40. The van der Waals surface area contributed by atoms with Gasteiger partial charge in [0.25, 0.3) is 0 Å². The molecule has 2 N–H and O–H groups in total. The highest BCUT2D eigenvalue weighted by Gasteiger charge is 2.03. The van der Waals surface area contributed by atoms with E-state index in [0.717, 1.165) is 11.1 Å². The van der Waals surface area contributed by atoms with Gasteiger partial charge in [-0.05, 0) is 42.3 Å². The zero-order chi connectivity index (χ0) is 17.4. The molecule has 0 aliphatic carbocycles. The van der Waals surface area contributed by atoms with Crippen LogP contribution in [-0.4, -0.2) is 11.8 Å². The molecule has 0 unspecified atom stereocenters. The fourth-order valence-electron chi connectivity index (χ4n) is 2.07. The molecule has 0 aromatic heterocycles. The van der Waals surface area contributed by atoms with E-state index in [2.05, 4.69) is 10.6 Å². The summed E-state index contributed by atoms with van der Waals surface area (Å²) in [6, 6.07) is 16.3. The van der Waals surface area contributed by atoms with Crippen molar-refractivity contribution in [2.24, 2.45) is 0 Å². The smallest absolute Gasteiger partial charge is 0.248 e. The summed E-state index contributed by atoms with van der Waals surface area (Å²) in [6.45, 7) is 1.98. The monoisotopic (exact) mass is 319 g/mol.